The SMILES string of the molecule is COc1ccc(NC(=O)c2cc(Nc3ccccc3C)nc(C)n2)cc1. The number of amides is 1. The number of nitrogens with zero attached hydrogens (tertiary/aromatic N) is 2. The van der Waals surface area contributed by atoms with Crippen LogP contribution in [0.5, 0.6) is 5.75 Å². The molecule has 0 unspecified atom stereocenters. The minimum Gasteiger partial charge on any atom is -0.497 e. The average Bonchev–Trinajstić information content (AvgIpc) is 2.64. The van der Waals surface area contributed by atoms with Gasteiger partial charge in [0.2, 0.25) is 0 Å². The number of methoxy groups -OCH3 is 1. The Labute approximate surface area is 152 Å². The number of aromatic nitrogens is 2. The van der Waals surface area contributed by atoms with Gasteiger partial charge in [0.05, 0.1) is 7.11 Å². The van der Waals surface area contributed by atoms with Gasteiger partial charge >= 0.3 is 0 Å². The van der Waals surface area contributed by atoms with Gasteiger partial charge in [0.1, 0.15) is 23.1 Å². The van der Waals surface area contributed by atoms with Crippen molar-refractivity contribution in [3.63, 3.8) is 0 Å². The van der Waals surface area contributed by atoms with Crippen molar-refractivity contribution in [2.75, 3.05) is 17.7 Å². The van der Waals surface area contributed by atoms with Gasteiger partial charge in [-0.15, -0.1) is 0 Å². The quantitative estimate of drug-likeness (QED) is 0.726. The summed E-state index contributed by atoms with van der Waals surface area (Å²) in [5, 5.41) is 6.07. The molecular weight excluding hydrogens is 328 g/mol. The van der Waals surface area contributed by atoms with Crippen molar-refractivity contribution in [3.05, 3.63) is 71.7 Å². The van der Waals surface area contributed by atoms with Gasteiger partial charge in [0.25, 0.3) is 5.91 Å². The molecule has 0 bridgehead atoms. The number of carbonyl (C=O) groups excluding carboxylic acids is 1. The van der Waals surface area contributed by atoms with E-state index >= 15 is 0 Å². The van der Waals surface area contributed by atoms with Crippen LogP contribution in [-0.4, -0.2) is 23.0 Å². The van der Waals surface area contributed by atoms with Crippen LogP contribution >= 0.6 is 0 Å². The van der Waals surface area contributed by atoms with Gasteiger partial charge in [-0.05, 0) is 49.7 Å². The number of carbonyl (C=O) groups is 1. The Morgan fingerprint density at radius 3 is 2.42 bits per heavy atom. The first-order valence-electron chi connectivity index (χ1n) is 8.19. The fourth-order valence-electron chi connectivity index (χ4n) is 2.47. The molecule has 3 aromatic rings. The van der Waals surface area contributed by atoms with Crippen LogP contribution in [0, 0.1) is 13.8 Å². The van der Waals surface area contributed by atoms with E-state index < -0.39 is 0 Å². The highest BCUT2D eigenvalue weighted by Gasteiger charge is 2.12. The summed E-state index contributed by atoms with van der Waals surface area (Å²) in [5.74, 6) is 1.52. The molecule has 6 heteroatoms. The fourth-order valence-corrected chi connectivity index (χ4v) is 2.47. The first kappa shape index (κ1) is 17.4. The van der Waals surface area contributed by atoms with Crippen molar-refractivity contribution < 1.29 is 9.53 Å². The third-order valence-electron chi connectivity index (χ3n) is 3.83. The van der Waals surface area contributed by atoms with Gasteiger partial charge in [-0.3, -0.25) is 4.79 Å². The smallest absolute Gasteiger partial charge is 0.274 e. The number of nitrogens with one attached hydrogen (secondary N) is 2. The minimum atomic E-state index is -0.298. The second-order valence-electron chi connectivity index (χ2n) is 5.81. The molecule has 26 heavy (non-hydrogen) atoms. The number of anilines is 3. The lowest BCUT2D eigenvalue weighted by molar-refractivity contribution is 0.102. The molecule has 0 fully saturated rings. The number of para-hydroxylation sites is 1. The van der Waals surface area contributed by atoms with E-state index in [2.05, 4.69) is 20.6 Å². The highest BCUT2D eigenvalue weighted by molar-refractivity contribution is 6.03. The Kier molecular flexibility index (Phi) is 5.12. The third kappa shape index (κ3) is 4.16. The van der Waals surface area contributed by atoms with E-state index in [1.165, 1.54) is 0 Å². The topological polar surface area (TPSA) is 76.1 Å². The Morgan fingerprint density at radius 2 is 1.73 bits per heavy atom. The molecule has 2 N–H and O–H groups in total. The summed E-state index contributed by atoms with van der Waals surface area (Å²) >= 11 is 0. The molecule has 0 saturated heterocycles. The molecule has 0 atom stereocenters. The standard InChI is InChI=1S/C20H20N4O2/c1-13-6-4-5-7-17(13)24-19-12-18(21-14(2)22-19)20(25)23-15-8-10-16(26-3)11-9-15/h4-12H,1-3H3,(H,23,25)(H,21,22,24). The van der Waals surface area contributed by atoms with Gasteiger partial charge < -0.3 is 15.4 Å². The molecule has 6 nitrogen and oxygen atoms in total. The van der Waals surface area contributed by atoms with Crippen molar-refractivity contribution in [1.29, 1.82) is 0 Å². The highest BCUT2D eigenvalue weighted by Crippen LogP contribution is 2.20. The summed E-state index contributed by atoms with van der Waals surface area (Å²) < 4.78 is 5.11. The minimum absolute atomic E-state index is 0.296. The summed E-state index contributed by atoms with van der Waals surface area (Å²) in [5.41, 5.74) is 2.99. The lowest BCUT2D eigenvalue weighted by Crippen LogP contribution is -2.15. The zero-order valence-electron chi connectivity index (χ0n) is 14.9. The normalized spacial score (nSPS) is 10.3. The van der Waals surface area contributed by atoms with E-state index in [-0.39, 0.29) is 5.91 Å². The predicted octanol–water partition coefficient (Wildman–Crippen LogP) is 4.10. The number of hydrogen-bond donors (Lipinski definition) is 2. The van der Waals surface area contributed by atoms with Crippen LogP contribution in [0.3, 0.4) is 0 Å². The van der Waals surface area contributed by atoms with Crippen molar-refractivity contribution in [1.82, 2.24) is 9.97 Å². The van der Waals surface area contributed by atoms with Crippen molar-refractivity contribution in [3.8, 4) is 5.75 Å². The number of ether oxygens (including phenoxy) is 1. The summed E-state index contributed by atoms with van der Waals surface area (Å²) in [6, 6.07) is 16.6. The van der Waals surface area contributed by atoms with E-state index in [4.69, 9.17) is 4.74 Å². The first-order chi connectivity index (χ1) is 12.5. The van der Waals surface area contributed by atoms with Crippen LogP contribution in [0.15, 0.2) is 54.6 Å². The molecule has 132 valence electrons. The predicted molar refractivity (Wildman–Crippen MR) is 102 cm³/mol. The van der Waals surface area contributed by atoms with Gasteiger partial charge in [-0.25, -0.2) is 9.97 Å². The Morgan fingerprint density at radius 1 is 1.00 bits per heavy atom. The van der Waals surface area contributed by atoms with Crippen LogP contribution < -0.4 is 15.4 Å². The van der Waals surface area contributed by atoms with Gasteiger partial charge in [-0.2, -0.15) is 0 Å². The maximum atomic E-state index is 12.5. The van der Waals surface area contributed by atoms with Crippen molar-refractivity contribution in [2.24, 2.45) is 0 Å². The number of benzene rings is 2. The maximum absolute atomic E-state index is 12.5. The molecule has 3 rings (SSSR count). The lowest BCUT2D eigenvalue weighted by Gasteiger charge is -2.11. The van der Waals surface area contributed by atoms with Crippen molar-refractivity contribution >= 4 is 23.1 Å². The summed E-state index contributed by atoms with van der Waals surface area (Å²) in [4.78, 5) is 21.1. The zero-order valence-corrected chi connectivity index (χ0v) is 14.9. The molecule has 1 aromatic heterocycles. The zero-order chi connectivity index (χ0) is 18.5. The van der Waals surface area contributed by atoms with Crippen LogP contribution in [-0.2, 0) is 0 Å². The Balaban J connectivity index is 1.80. The molecule has 0 saturated carbocycles. The van der Waals surface area contributed by atoms with Crippen molar-refractivity contribution in [2.45, 2.75) is 13.8 Å². The number of rotatable bonds is 5. The molecule has 0 aliphatic rings. The lowest BCUT2D eigenvalue weighted by atomic mass is 10.2. The molecule has 0 radical (unpaired) electrons. The second-order valence-corrected chi connectivity index (χ2v) is 5.81. The second kappa shape index (κ2) is 7.65. The molecular formula is C20H20N4O2. The molecule has 1 heterocycles. The first-order valence-corrected chi connectivity index (χ1v) is 8.19. The van der Waals surface area contributed by atoms with Crippen LogP contribution in [0.1, 0.15) is 21.9 Å². The van der Waals surface area contributed by atoms with E-state index in [1.807, 2.05) is 31.2 Å². The number of hydrogen-bond acceptors (Lipinski definition) is 5. The monoisotopic (exact) mass is 348 g/mol. The summed E-state index contributed by atoms with van der Waals surface area (Å²) in [7, 11) is 1.60. The summed E-state index contributed by atoms with van der Waals surface area (Å²) in [6.45, 7) is 3.76. The van der Waals surface area contributed by atoms with E-state index in [9.17, 15) is 4.79 Å². The van der Waals surface area contributed by atoms with Crippen LogP contribution in [0.2, 0.25) is 0 Å². The van der Waals surface area contributed by atoms with Gasteiger partial charge in [-0.1, -0.05) is 18.2 Å². The average molecular weight is 348 g/mol. The van der Waals surface area contributed by atoms with E-state index in [0.717, 1.165) is 17.0 Å². The fraction of sp³-hybridized carbons (Fsp3) is 0.150. The van der Waals surface area contributed by atoms with Crippen LogP contribution in [0.25, 0.3) is 0 Å². The maximum Gasteiger partial charge on any atom is 0.274 e. The van der Waals surface area contributed by atoms with Crippen LogP contribution in [0.4, 0.5) is 17.2 Å². The highest BCUT2D eigenvalue weighted by atomic mass is 16.5. The molecule has 2 aromatic carbocycles. The summed E-state index contributed by atoms with van der Waals surface area (Å²) in [6.07, 6.45) is 0. The Hall–Kier alpha value is -3.41. The van der Waals surface area contributed by atoms with E-state index in [1.54, 1.807) is 44.4 Å². The van der Waals surface area contributed by atoms with E-state index in [0.29, 0.717) is 23.0 Å². The van der Waals surface area contributed by atoms with Gasteiger partial charge in [0.15, 0.2) is 0 Å². The largest absolute Gasteiger partial charge is 0.497 e. The molecule has 1 amide bonds. The third-order valence-corrected chi connectivity index (χ3v) is 3.83. The Bertz CT molecular complexity index is 923. The van der Waals surface area contributed by atoms with Gasteiger partial charge in [0, 0.05) is 17.4 Å². The molecule has 0 aliphatic carbocycles. The molecule has 0 aliphatic heterocycles. The number of aryl methyl sites for hydroxylation is 2. The molecule has 0 spiro atoms.